The number of hydrogen-bond donors (Lipinski definition) is 1. The Morgan fingerprint density at radius 1 is 1.15 bits per heavy atom. The Labute approximate surface area is 162 Å². The fourth-order valence-corrected chi connectivity index (χ4v) is 4.52. The molecule has 6 heteroatoms. The van der Waals surface area contributed by atoms with E-state index >= 15 is 0 Å². The molecule has 0 aromatic heterocycles. The number of carbonyl (C=O) groups excluding carboxylic acids is 2. The van der Waals surface area contributed by atoms with E-state index in [-0.39, 0.29) is 22.4 Å². The third kappa shape index (κ3) is 3.91. The van der Waals surface area contributed by atoms with Gasteiger partial charge in [-0.1, -0.05) is 19.1 Å². The zero-order valence-corrected chi connectivity index (χ0v) is 16.7. The van der Waals surface area contributed by atoms with Crippen LogP contribution in [0.5, 0.6) is 0 Å². The van der Waals surface area contributed by atoms with Gasteiger partial charge in [-0.2, -0.15) is 0 Å². The van der Waals surface area contributed by atoms with Crippen molar-refractivity contribution in [3.63, 3.8) is 0 Å². The molecule has 1 aliphatic rings. The summed E-state index contributed by atoms with van der Waals surface area (Å²) in [5, 5.41) is 2.71. The van der Waals surface area contributed by atoms with Gasteiger partial charge in [0.05, 0.1) is 5.25 Å². The van der Waals surface area contributed by atoms with Gasteiger partial charge in [-0.3, -0.25) is 14.5 Å². The smallest absolute Gasteiger partial charge is 0.241 e. The second-order valence-electron chi connectivity index (χ2n) is 6.06. The van der Waals surface area contributed by atoms with Crippen molar-refractivity contribution in [2.45, 2.75) is 35.8 Å². The van der Waals surface area contributed by atoms with Crippen molar-refractivity contribution < 1.29 is 9.59 Å². The number of nitrogens with one attached hydrogen (secondary N) is 1. The van der Waals surface area contributed by atoms with Gasteiger partial charge in [0.2, 0.25) is 11.8 Å². The molecule has 0 bridgehead atoms. The van der Waals surface area contributed by atoms with Crippen LogP contribution in [0.2, 0.25) is 0 Å². The zero-order valence-electron chi connectivity index (χ0n) is 15.1. The van der Waals surface area contributed by atoms with Crippen LogP contribution in [0.15, 0.2) is 53.4 Å². The SMILES string of the molecule is CCC(=O)Nc1ccc(N2C(=O)[C@@H](C)S[C@H]2c2ccc(SC)cc2)cc1. The minimum Gasteiger partial charge on any atom is -0.326 e. The van der Waals surface area contributed by atoms with Crippen LogP contribution in [0.3, 0.4) is 0 Å². The van der Waals surface area contributed by atoms with Crippen LogP contribution in [0.1, 0.15) is 31.2 Å². The Balaban J connectivity index is 1.87. The molecule has 2 amide bonds. The molecule has 2 aromatic carbocycles. The van der Waals surface area contributed by atoms with E-state index in [0.717, 1.165) is 16.9 Å². The lowest BCUT2D eigenvalue weighted by Gasteiger charge is -2.24. The first-order valence-electron chi connectivity index (χ1n) is 8.56. The average molecular weight is 387 g/mol. The summed E-state index contributed by atoms with van der Waals surface area (Å²) in [4.78, 5) is 27.3. The molecule has 1 aliphatic heterocycles. The Hall–Kier alpha value is -1.92. The molecular weight excluding hydrogens is 364 g/mol. The molecule has 26 heavy (non-hydrogen) atoms. The summed E-state index contributed by atoms with van der Waals surface area (Å²) >= 11 is 3.37. The first-order chi connectivity index (χ1) is 12.5. The number of thioether (sulfide) groups is 2. The highest BCUT2D eigenvalue weighted by Gasteiger charge is 2.39. The van der Waals surface area contributed by atoms with Crippen molar-refractivity contribution in [1.29, 1.82) is 0 Å². The molecule has 136 valence electrons. The Morgan fingerprint density at radius 2 is 1.81 bits per heavy atom. The van der Waals surface area contributed by atoms with Gasteiger partial charge in [-0.25, -0.2) is 0 Å². The van der Waals surface area contributed by atoms with E-state index in [1.807, 2.05) is 43.0 Å². The standard InChI is InChI=1S/C20H22N2O2S2/c1-4-18(23)21-15-7-9-16(10-8-15)22-19(24)13(2)26-20(22)14-5-11-17(25-3)12-6-14/h5-13,20H,4H2,1-3H3,(H,21,23)/t13-,20+/m1/s1. The van der Waals surface area contributed by atoms with Gasteiger partial charge in [-0.15, -0.1) is 23.5 Å². The van der Waals surface area contributed by atoms with E-state index in [1.54, 1.807) is 23.5 Å². The maximum absolute atomic E-state index is 12.8. The fourth-order valence-electron chi connectivity index (χ4n) is 2.84. The normalized spacial score (nSPS) is 19.7. The van der Waals surface area contributed by atoms with E-state index in [4.69, 9.17) is 0 Å². The summed E-state index contributed by atoms with van der Waals surface area (Å²) in [5.74, 6) is 0.0882. The Kier molecular flexibility index (Phi) is 5.94. The molecule has 0 spiro atoms. The minimum absolute atomic E-state index is 0.0223. The van der Waals surface area contributed by atoms with Crippen LogP contribution in [0.4, 0.5) is 11.4 Å². The second kappa shape index (κ2) is 8.18. The van der Waals surface area contributed by atoms with E-state index in [1.165, 1.54) is 4.90 Å². The van der Waals surface area contributed by atoms with Crippen molar-refractivity contribution in [2.24, 2.45) is 0 Å². The van der Waals surface area contributed by atoms with Gasteiger partial charge in [0.25, 0.3) is 0 Å². The van der Waals surface area contributed by atoms with Crippen molar-refractivity contribution in [2.75, 3.05) is 16.5 Å². The van der Waals surface area contributed by atoms with E-state index in [9.17, 15) is 9.59 Å². The van der Waals surface area contributed by atoms with Crippen molar-refractivity contribution in [3.05, 3.63) is 54.1 Å². The lowest BCUT2D eigenvalue weighted by Crippen LogP contribution is -2.30. The molecular formula is C20H22N2O2S2. The predicted octanol–water partition coefficient (Wildman–Crippen LogP) is 4.92. The lowest BCUT2D eigenvalue weighted by atomic mass is 10.1. The summed E-state index contributed by atoms with van der Waals surface area (Å²) in [6.45, 7) is 3.77. The van der Waals surface area contributed by atoms with Crippen molar-refractivity contribution >= 4 is 46.7 Å². The number of carbonyl (C=O) groups is 2. The van der Waals surface area contributed by atoms with E-state index < -0.39 is 0 Å². The molecule has 1 heterocycles. The third-order valence-corrected chi connectivity index (χ3v) is 6.40. The van der Waals surface area contributed by atoms with Gasteiger partial charge >= 0.3 is 0 Å². The summed E-state index contributed by atoms with van der Waals surface area (Å²) in [5.41, 5.74) is 2.71. The van der Waals surface area contributed by atoms with Crippen LogP contribution in [0, 0.1) is 0 Å². The summed E-state index contributed by atoms with van der Waals surface area (Å²) in [7, 11) is 0. The molecule has 3 rings (SSSR count). The minimum atomic E-state index is -0.0836. The maximum atomic E-state index is 12.8. The fraction of sp³-hybridized carbons (Fsp3) is 0.300. The Bertz CT molecular complexity index is 790. The molecule has 0 saturated carbocycles. The van der Waals surface area contributed by atoms with Gasteiger partial charge < -0.3 is 5.32 Å². The molecule has 2 atom stereocenters. The molecule has 0 aliphatic carbocycles. The summed E-state index contributed by atoms with van der Waals surface area (Å²) in [6, 6.07) is 15.9. The maximum Gasteiger partial charge on any atom is 0.241 e. The van der Waals surface area contributed by atoms with Crippen LogP contribution in [-0.2, 0) is 9.59 Å². The van der Waals surface area contributed by atoms with Crippen molar-refractivity contribution in [1.82, 2.24) is 0 Å². The first kappa shape index (κ1) is 18.9. The monoisotopic (exact) mass is 386 g/mol. The number of nitrogens with zero attached hydrogens (tertiary/aromatic N) is 1. The van der Waals surface area contributed by atoms with Gasteiger partial charge in [0, 0.05) is 22.7 Å². The highest BCUT2D eigenvalue weighted by Crippen LogP contribution is 2.45. The summed E-state index contributed by atoms with van der Waals surface area (Å²) in [6.07, 6.45) is 2.49. The number of amides is 2. The van der Waals surface area contributed by atoms with Crippen LogP contribution in [0.25, 0.3) is 0 Å². The topological polar surface area (TPSA) is 49.4 Å². The molecule has 0 unspecified atom stereocenters. The molecule has 1 N–H and O–H groups in total. The van der Waals surface area contributed by atoms with Crippen LogP contribution < -0.4 is 10.2 Å². The van der Waals surface area contributed by atoms with Crippen molar-refractivity contribution in [3.8, 4) is 0 Å². The van der Waals surface area contributed by atoms with Gasteiger partial charge in [0.1, 0.15) is 5.37 Å². The first-order valence-corrected chi connectivity index (χ1v) is 10.7. The predicted molar refractivity (Wildman–Crippen MR) is 111 cm³/mol. The van der Waals surface area contributed by atoms with Crippen LogP contribution >= 0.6 is 23.5 Å². The second-order valence-corrected chi connectivity index (χ2v) is 8.37. The molecule has 2 aromatic rings. The average Bonchev–Trinajstić information content (AvgIpc) is 2.97. The Morgan fingerprint density at radius 3 is 2.38 bits per heavy atom. The lowest BCUT2D eigenvalue weighted by molar-refractivity contribution is -0.117. The number of benzene rings is 2. The number of rotatable bonds is 5. The summed E-state index contributed by atoms with van der Waals surface area (Å²) < 4.78 is 0. The number of anilines is 2. The molecule has 0 radical (unpaired) electrons. The zero-order chi connectivity index (χ0) is 18.7. The van der Waals surface area contributed by atoms with Gasteiger partial charge in [0.15, 0.2) is 0 Å². The highest BCUT2D eigenvalue weighted by atomic mass is 32.2. The van der Waals surface area contributed by atoms with E-state index in [0.29, 0.717) is 6.42 Å². The quantitative estimate of drug-likeness (QED) is 0.741. The number of hydrogen-bond acceptors (Lipinski definition) is 4. The van der Waals surface area contributed by atoms with Gasteiger partial charge in [-0.05, 0) is 55.1 Å². The molecule has 1 fully saturated rings. The molecule has 1 saturated heterocycles. The largest absolute Gasteiger partial charge is 0.326 e. The molecule has 4 nitrogen and oxygen atoms in total. The third-order valence-electron chi connectivity index (χ3n) is 4.30. The van der Waals surface area contributed by atoms with Crippen LogP contribution in [-0.4, -0.2) is 23.3 Å². The highest BCUT2D eigenvalue weighted by molar-refractivity contribution is 8.01. The van der Waals surface area contributed by atoms with E-state index in [2.05, 4.69) is 35.8 Å².